The van der Waals surface area contributed by atoms with Crippen molar-refractivity contribution in [1.29, 1.82) is 0 Å². The van der Waals surface area contributed by atoms with Gasteiger partial charge in [-0.3, -0.25) is 0 Å². The molecule has 0 fully saturated rings. The Labute approximate surface area is 284 Å². The molecular weight excluding hydrogens is 581 g/mol. The third kappa shape index (κ3) is 5.15. The van der Waals surface area contributed by atoms with Crippen LogP contribution in [0.2, 0.25) is 0 Å². The van der Waals surface area contributed by atoms with Crippen molar-refractivity contribution in [3.05, 3.63) is 168 Å². The summed E-state index contributed by atoms with van der Waals surface area (Å²) in [7, 11) is 0. The van der Waals surface area contributed by atoms with Gasteiger partial charge >= 0.3 is 0 Å². The SMILES string of the molecule is CC.Cc1ccccc1N(c1ccccc1C)c1ccc2ccc3c(N(c4ccccc4C)c4ccccc4C)ccc4ccc1c2c43. The molecule has 0 saturated carbocycles. The minimum absolute atomic E-state index is 1.19. The molecule has 2 nitrogen and oxygen atoms in total. The molecule has 0 saturated heterocycles. The number of nitrogens with zero attached hydrogens (tertiary/aromatic N) is 2. The number of hydrogen-bond acceptors (Lipinski definition) is 2. The van der Waals surface area contributed by atoms with Gasteiger partial charge in [0.15, 0.2) is 0 Å². The van der Waals surface area contributed by atoms with Gasteiger partial charge in [-0.25, -0.2) is 0 Å². The van der Waals surface area contributed by atoms with Crippen molar-refractivity contribution in [3.8, 4) is 0 Å². The summed E-state index contributed by atoms with van der Waals surface area (Å²) >= 11 is 0. The zero-order valence-electron chi connectivity index (χ0n) is 28.8. The molecule has 2 heteroatoms. The molecular formula is C46H42N2. The zero-order chi connectivity index (χ0) is 33.4. The summed E-state index contributed by atoms with van der Waals surface area (Å²) in [5, 5.41) is 7.60. The first-order chi connectivity index (χ1) is 23.5. The second-order valence-electron chi connectivity index (χ2n) is 12.4. The van der Waals surface area contributed by atoms with Gasteiger partial charge in [-0.1, -0.05) is 123 Å². The molecule has 0 amide bonds. The van der Waals surface area contributed by atoms with Crippen molar-refractivity contribution in [1.82, 2.24) is 0 Å². The highest BCUT2D eigenvalue weighted by atomic mass is 15.2. The third-order valence-corrected chi connectivity index (χ3v) is 9.53. The van der Waals surface area contributed by atoms with E-state index >= 15 is 0 Å². The smallest absolute Gasteiger partial charge is 0.0540 e. The zero-order valence-corrected chi connectivity index (χ0v) is 28.8. The van der Waals surface area contributed by atoms with Gasteiger partial charge in [0, 0.05) is 33.5 Å². The molecule has 0 aliphatic carbocycles. The Morgan fingerprint density at radius 1 is 0.292 bits per heavy atom. The molecule has 0 heterocycles. The lowest BCUT2D eigenvalue weighted by atomic mass is 9.91. The van der Waals surface area contributed by atoms with E-state index in [-0.39, 0.29) is 0 Å². The van der Waals surface area contributed by atoms with E-state index in [1.54, 1.807) is 0 Å². The summed E-state index contributed by atoms with van der Waals surface area (Å²) in [6, 6.07) is 53.2. The van der Waals surface area contributed by atoms with Gasteiger partial charge in [0.1, 0.15) is 0 Å². The van der Waals surface area contributed by atoms with Gasteiger partial charge in [0.05, 0.1) is 11.4 Å². The fourth-order valence-corrected chi connectivity index (χ4v) is 7.20. The lowest BCUT2D eigenvalue weighted by Gasteiger charge is -2.31. The number of benzene rings is 8. The van der Waals surface area contributed by atoms with E-state index in [0.717, 1.165) is 0 Å². The van der Waals surface area contributed by atoms with Gasteiger partial charge in [-0.05, 0) is 108 Å². The van der Waals surface area contributed by atoms with Crippen molar-refractivity contribution in [2.75, 3.05) is 9.80 Å². The highest BCUT2D eigenvalue weighted by Crippen LogP contribution is 2.48. The van der Waals surface area contributed by atoms with Gasteiger partial charge in [0.25, 0.3) is 0 Å². The first-order valence-corrected chi connectivity index (χ1v) is 17.0. The van der Waals surface area contributed by atoms with Gasteiger partial charge < -0.3 is 9.80 Å². The Balaban J connectivity index is 0.00000179. The number of para-hydroxylation sites is 4. The van der Waals surface area contributed by atoms with E-state index in [2.05, 4.69) is 183 Å². The second-order valence-corrected chi connectivity index (χ2v) is 12.4. The molecule has 0 atom stereocenters. The highest BCUT2D eigenvalue weighted by Gasteiger charge is 2.23. The summed E-state index contributed by atoms with van der Waals surface area (Å²) < 4.78 is 0. The molecule has 8 rings (SSSR count). The van der Waals surface area contributed by atoms with Crippen LogP contribution in [0, 0.1) is 27.7 Å². The number of rotatable bonds is 6. The molecule has 0 aliphatic heterocycles. The first kappa shape index (κ1) is 31.0. The third-order valence-electron chi connectivity index (χ3n) is 9.53. The Bertz CT molecular complexity index is 2120. The van der Waals surface area contributed by atoms with Crippen molar-refractivity contribution >= 4 is 66.4 Å². The van der Waals surface area contributed by atoms with Crippen molar-refractivity contribution in [2.24, 2.45) is 0 Å². The number of aryl methyl sites for hydroxylation is 4. The van der Waals surface area contributed by atoms with Crippen LogP contribution in [0.4, 0.5) is 34.1 Å². The monoisotopic (exact) mass is 622 g/mol. The summed E-state index contributed by atoms with van der Waals surface area (Å²) in [6.45, 7) is 12.8. The van der Waals surface area contributed by atoms with Crippen molar-refractivity contribution in [3.63, 3.8) is 0 Å². The molecule has 236 valence electrons. The average Bonchev–Trinajstić information content (AvgIpc) is 3.12. The number of anilines is 6. The molecule has 0 bridgehead atoms. The fourth-order valence-electron chi connectivity index (χ4n) is 7.20. The summed E-state index contributed by atoms with van der Waals surface area (Å²) in [5.41, 5.74) is 12.1. The van der Waals surface area contributed by atoms with Crippen LogP contribution in [0.15, 0.2) is 146 Å². The van der Waals surface area contributed by atoms with E-state index in [1.807, 2.05) is 13.8 Å². The number of hydrogen-bond donors (Lipinski definition) is 0. The minimum Gasteiger partial charge on any atom is -0.309 e. The van der Waals surface area contributed by atoms with Gasteiger partial charge in [-0.15, -0.1) is 0 Å². The molecule has 0 unspecified atom stereocenters. The van der Waals surface area contributed by atoms with Gasteiger partial charge in [0.2, 0.25) is 0 Å². The Hall–Kier alpha value is -5.60. The van der Waals surface area contributed by atoms with Crippen LogP contribution in [-0.2, 0) is 0 Å². The largest absolute Gasteiger partial charge is 0.309 e. The Kier molecular flexibility index (Phi) is 8.33. The molecule has 0 radical (unpaired) electrons. The lowest BCUT2D eigenvalue weighted by molar-refractivity contribution is 1.23. The maximum atomic E-state index is 2.45. The van der Waals surface area contributed by atoms with Crippen LogP contribution in [0.1, 0.15) is 36.1 Å². The van der Waals surface area contributed by atoms with Crippen LogP contribution >= 0.6 is 0 Å². The van der Waals surface area contributed by atoms with E-state index < -0.39 is 0 Å². The normalized spacial score (nSPS) is 11.1. The van der Waals surface area contributed by atoms with E-state index in [4.69, 9.17) is 0 Å². The van der Waals surface area contributed by atoms with E-state index in [0.29, 0.717) is 0 Å². The topological polar surface area (TPSA) is 6.48 Å². The van der Waals surface area contributed by atoms with Crippen LogP contribution in [0.5, 0.6) is 0 Å². The first-order valence-electron chi connectivity index (χ1n) is 17.0. The highest BCUT2D eigenvalue weighted by molar-refractivity contribution is 6.28. The van der Waals surface area contributed by atoms with E-state index in [1.165, 1.54) is 88.7 Å². The van der Waals surface area contributed by atoms with Crippen LogP contribution in [0.25, 0.3) is 32.3 Å². The van der Waals surface area contributed by atoms with Crippen molar-refractivity contribution in [2.45, 2.75) is 41.5 Å². The quantitative estimate of drug-likeness (QED) is 0.170. The fraction of sp³-hybridized carbons (Fsp3) is 0.130. The molecule has 0 aromatic heterocycles. The predicted octanol–water partition coefficient (Wildman–Crippen LogP) is 13.8. The standard InChI is InChI=1S/C44H36N2.C2H6/c1-29-13-5-9-17-37(29)45(38-18-10-6-14-30(38)2)41-27-23-33-22-26-36-42(28-24-34-21-25-35(41)43(33)44(34)36)46(39-19-11-7-15-31(39)3)40-20-12-8-16-32(40)4;1-2/h5-28H,1-4H3;1-2H3. The summed E-state index contributed by atoms with van der Waals surface area (Å²) in [5.74, 6) is 0. The summed E-state index contributed by atoms with van der Waals surface area (Å²) in [4.78, 5) is 4.90. The maximum Gasteiger partial charge on any atom is 0.0540 e. The Morgan fingerprint density at radius 3 is 0.854 bits per heavy atom. The molecule has 0 spiro atoms. The lowest BCUT2D eigenvalue weighted by Crippen LogP contribution is -2.14. The maximum absolute atomic E-state index is 2.45. The molecule has 48 heavy (non-hydrogen) atoms. The van der Waals surface area contributed by atoms with Crippen LogP contribution in [0.3, 0.4) is 0 Å². The van der Waals surface area contributed by atoms with Crippen LogP contribution < -0.4 is 9.80 Å². The molecule has 8 aromatic rings. The molecule has 0 aliphatic rings. The average molecular weight is 623 g/mol. The predicted molar refractivity (Wildman–Crippen MR) is 210 cm³/mol. The second kappa shape index (κ2) is 12.9. The summed E-state index contributed by atoms with van der Waals surface area (Å²) in [6.07, 6.45) is 0. The minimum atomic E-state index is 1.19. The molecule has 0 N–H and O–H groups in total. The van der Waals surface area contributed by atoms with Gasteiger partial charge in [-0.2, -0.15) is 0 Å². The molecule has 8 aromatic carbocycles. The van der Waals surface area contributed by atoms with Crippen LogP contribution in [-0.4, -0.2) is 0 Å². The Morgan fingerprint density at radius 2 is 0.562 bits per heavy atom. The van der Waals surface area contributed by atoms with E-state index in [9.17, 15) is 0 Å². The van der Waals surface area contributed by atoms with Crippen molar-refractivity contribution < 1.29 is 0 Å².